The number of β-amino-alcohol motifs (C(OH)–C–C–N with tert-alkyl or cyclic N) is 1. The minimum absolute atomic E-state index is 0.138. The van der Waals surface area contributed by atoms with Crippen molar-refractivity contribution in [1.82, 2.24) is 4.31 Å². The first kappa shape index (κ1) is 14.3. The van der Waals surface area contributed by atoms with Crippen LogP contribution in [0.4, 0.5) is 5.69 Å². The van der Waals surface area contributed by atoms with Crippen LogP contribution < -0.4 is 5.73 Å². The third kappa shape index (κ3) is 2.91. The Balaban J connectivity index is 2.37. The van der Waals surface area contributed by atoms with Gasteiger partial charge in [0.2, 0.25) is 10.0 Å². The van der Waals surface area contributed by atoms with Crippen LogP contribution in [-0.4, -0.2) is 36.5 Å². The number of aryl methyl sites for hydroxylation is 1. The molecule has 1 aromatic carbocycles. The Morgan fingerprint density at radius 1 is 1.42 bits per heavy atom. The first-order chi connectivity index (χ1) is 8.72. The molecule has 0 saturated carbocycles. The highest BCUT2D eigenvalue weighted by atomic mass is 32.2. The molecule has 1 heterocycles. The van der Waals surface area contributed by atoms with E-state index in [4.69, 9.17) is 5.73 Å². The fourth-order valence-electron chi connectivity index (χ4n) is 2.48. The zero-order chi connectivity index (χ0) is 14.3. The maximum Gasteiger partial charge on any atom is 0.243 e. The lowest BCUT2D eigenvalue weighted by atomic mass is 9.97. The maximum atomic E-state index is 12.6. The molecule has 1 aliphatic heterocycles. The summed E-state index contributed by atoms with van der Waals surface area (Å²) in [7, 11) is -3.56. The number of hydrogen-bond donors (Lipinski definition) is 2. The van der Waals surface area contributed by atoms with Gasteiger partial charge < -0.3 is 10.8 Å². The molecule has 1 unspecified atom stereocenters. The first-order valence-corrected chi connectivity index (χ1v) is 7.75. The first-order valence-electron chi connectivity index (χ1n) is 6.31. The molecule has 1 fully saturated rings. The van der Waals surface area contributed by atoms with Gasteiger partial charge in [0.1, 0.15) is 0 Å². The minimum Gasteiger partial charge on any atom is -0.399 e. The molecule has 106 valence electrons. The zero-order valence-electron chi connectivity index (χ0n) is 11.3. The maximum absolute atomic E-state index is 12.6. The summed E-state index contributed by atoms with van der Waals surface area (Å²) in [6.45, 7) is 3.98. The van der Waals surface area contributed by atoms with E-state index < -0.39 is 15.6 Å². The molecule has 3 N–H and O–H groups in total. The third-order valence-corrected chi connectivity index (χ3v) is 5.46. The summed E-state index contributed by atoms with van der Waals surface area (Å²) in [5.41, 5.74) is 5.87. The summed E-state index contributed by atoms with van der Waals surface area (Å²) >= 11 is 0. The third-order valence-electron chi connectivity index (χ3n) is 3.46. The monoisotopic (exact) mass is 284 g/mol. The standard InChI is InChI=1S/C13H20N2O3S/c1-10-8-11(14)4-5-12(10)19(17,18)15-7-3-6-13(2,16)9-15/h4-5,8,16H,3,6-7,9,14H2,1-2H3. The number of anilines is 1. The Bertz CT molecular complexity index is 582. The van der Waals surface area contributed by atoms with Gasteiger partial charge in [0.05, 0.1) is 10.5 Å². The van der Waals surface area contributed by atoms with E-state index in [9.17, 15) is 13.5 Å². The Kier molecular flexibility index (Phi) is 3.59. The second-order valence-corrected chi connectivity index (χ2v) is 7.37. The number of nitrogen functional groups attached to an aromatic ring is 1. The van der Waals surface area contributed by atoms with Crippen molar-refractivity contribution in [2.24, 2.45) is 0 Å². The predicted octanol–water partition coefficient (Wildman–Crippen LogP) is 1.11. The van der Waals surface area contributed by atoms with E-state index in [2.05, 4.69) is 0 Å². The van der Waals surface area contributed by atoms with Crippen LogP contribution in [0, 0.1) is 6.92 Å². The van der Waals surface area contributed by atoms with Crippen LogP contribution in [0.3, 0.4) is 0 Å². The molecule has 0 radical (unpaired) electrons. The van der Waals surface area contributed by atoms with Gasteiger partial charge in [-0.1, -0.05) is 0 Å². The lowest BCUT2D eigenvalue weighted by Gasteiger charge is -2.36. The average molecular weight is 284 g/mol. The van der Waals surface area contributed by atoms with Crippen LogP contribution in [0.5, 0.6) is 0 Å². The molecule has 0 amide bonds. The normalized spacial score (nSPS) is 25.4. The zero-order valence-corrected chi connectivity index (χ0v) is 12.1. The van der Waals surface area contributed by atoms with Crippen molar-refractivity contribution in [1.29, 1.82) is 0 Å². The summed E-state index contributed by atoms with van der Waals surface area (Å²) in [5.74, 6) is 0. The van der Waals surface area contributed by atoms with Gasteiger partial charge in [-0.2, -0.15) is 4.31 Å². The number of aliphatic hydroxyl groups is 1. The molecular weight excluding hydrogens is 264 g/mol. The molecule has 0 aliphatic carbocycles. The number of piperidine rings is 1. The fraction of sp³-hybridized carbons (Fsp3) is 0.538. The van der Waals surface area contributed by atoms with Crippen LogP contribution in [0.25, 0.3) is 0 Å². The van der Waals surface area contributed by atoms with E-state index in [0.29, 0.717) is 30.6 Å². The van der Waals surface area contributed by atoms with E-state index in [1.165, 1.54) is 10.4 Å². The van der Waals surface area contributed by atoms with E-state index in [1.807, 2.05) is 0 Å². The van der Waals surface area contributed by atoms with E-state index in [0.717, 1.165) is 0 Å². The summed E-state index contributed by atoms with van der Waals surface area (Å²) in [6, 6.07) is 4.76. The molecule has 1 atom stereocenters. The van der Waals surface area contributed by atoms with Gasteiger partial charge in [-0.3, -0.25) is 0 Å². The molecule has 0 spiro atoms. The predicted molar refractivity (Wildman–Crippen MR) is 74.2 cm³/mol. The molecule has 1 aliphatic rings. The Morgan fingerprint density at radius 3 is 2.68 bits per heavy atom. The van der Waals surface area contributed by atoms with Crippen LogP contribution in [0.15, 0.2) is 23.1 Å². The van der Waals surface area contributed by atoms with Crippen LogP contribution in [0.1, 0.15) is 25.3 Å². The topological polar surface area (TPSA) is 83.6 Å². The van der Waals surface area contributed by atoms with E-state index >= 15 is 0 Å². The van der Waals surface area contributed by atoms with E-state index in [1.54, 1.807) is 26.0 Å². The highest BCUT2D eigenvalue weighted by Crippen LogP contribution is 2.28. The van der Waals surface area contributed by atoms with Crippen molar-refractivity contribution in [2.45, 2.75) is 37.2 Å². The molecule has 1 saturated heterocycles. The van der Waals surface area contributed by atoms with Crippen LogP contribution in [-0.2, 0) is 10.0 Å². The molecule has 6 heteroatoms. The van der Waals surface area contributed by atoms with E-state index in [-0.39, 0.29) is 11.4 Å². The van der Waals surface area contributed by atoms with Crippen LogP contribution in [0.2, 0.25) is 0 Å². The summed E-state index contributed by atoms with van der Waals surface area (Å²) in [4.78, 5) is 0.263. The molecular formula is C13H20N2O3S. The van der Waals surface area contributed by atoms with Crippen molar-refractivity contribution >= 4 is 15.7 Å². The van der Waals surface area contributed by atoms with Gasteiger partial charge >= 0.3 is 0 Å². The lowest BCUT2D eigenvalue weighted by Crippen LogP contribution is -2.48. The quantitative estimate of drug-likeness (QED) is 0.797. The number of sulfonamides is 1. The molecule has 1 aromatic rings. The summed E-state index contributed by atoms with van der Waals surface area (Å²) < 4.78 is 26.5. The highest BCUT2D eigenvalue weighted by molar-refractivity contribution is 7.89. The van der Waals surface area contributed by atoms with Gasteiger partial charge in [0.15, 0.2) is 0 Å². The number of hydrogen-bond acceptors (Lipinski definition) is 4. The second-order valence-electron chi connectivity index (χ2n) is 5.46. The second kappa shape index (κ2) is 4.77. The number of benzene rings is 1. The summed E-state index contributed by atoms with van der Waals surface area (Å²) in [5, 5.41) is 10.0. The van der Waals surface area contributed by atoms with Crippen molar-refractivity contribution in [2.75, 3.05) is 18.8 Å². The average Bonchev–Trinajstić information content (AvgIpc) is 2.27. The van der Waals surface area contributed by atoms with Gasteiger partial charge in [0, 0.05) is 18.8 Å². The van der Waals surface area contributed by atoms with Crippen LogP contribution >= 0.6 is 0 Å². The molecule has 5 nitrogen and oxygen atoms in total. The largest absolute Gasteiger partial charge is 0.399 e. The van der Waals surface area contributed by atoms with Crippen molar-refractivity contribution in [3.63, 3.8) is 0 Å². The van der Waals surface area contributed by atoms with Gasteiger partial charge in [-0.15, -0.1) is 0 Å². The van der Waals surface area contributed by atoms with Gasteiger partial charge in [-0.05, 0) is 50.5 Å². The van der Waals surface area contributed by atoms with Crippen molar-refractivity contribution in [3.05, 3.63) is 23.8 Å². The highest BCUT2D eigenvalue weighted by Gasteiger charge is 2.36. The number of rotatable bonds is 2. The Labute approximate surface area is 114 Å². The van der Waals surface area contributed by atoms with Crippen molar-refractivity contribution < 1.29 is 13.5 Å². The Hall–Kier alpha value is -1.11. The molecule has 0 aromatic heterocycles. The smallest absolute Gasteiger partial charge is 0.243 e. The number of nitrogens with two attached hydrogens (primary N) is 1. The van der Waals surface area contributed by atoms with Gasteiger partial charge in [0.25, 0.3) is 0 Å². The summed E-state index contributed by atoms with van der Waals surface area (Å²) in [6.07, 6.45) is 1.29. The number of nitrogens with zero attached hydrogens (tertiary/aromatic N) is 1. The van der Waals surface area contributed by atoms with Gasteiger partial charge in [-0.25, -0.2) is 8.42 Å². The molecule has 19 heavy (non-hydrogen) atoms. The lowest BCUT2D eigenvalue weighted by molar-refractivity contribution is 0.00939. The fourth-order valence-corrected chi connectivity index (χ4v) is 4.28. The molecule has 0 bridgehead atoms. The SMILES string of the molecule is Cc1cc(N)ccc1S(=O)(=O)N1CCCC(C)(O)C1. The molecule has 2 rings (SSSR count). The Morgan fingerprint density at radius 2 is 2.11 bits per heavy atom. The van der Waals surface area contributed by atoms with Crippen molar-refractivity contribution in [3.8, 4) is 0 Å². The minimum atomic E-state index is -3.56.